The topological polar surface area (TPSA) is 122 Å². The highest BCUT2D eigenvalue weighted by atomic mass is 19.4. The van der Waals surface area contributed by atoms with Gasteiger partial charge in [0.05, 0.1) is 6.61 Å². The van der Waals surface area contributed by atoms with Crippen molar-refractivity contribution in [3.63, 3.8) is 0 Å². The Bertz CT molecular complexity index is 1030. The summed E-state index contributed by atoms with van der Waals surface area (Å²) in [5.41, 5.74) is 1.24. The van der Waals surface area contributed by atoms with E-state index in [9.17, 15) is 30.7 Å². The lowest BCUT2D eigenvalue weighted by Gasteiger charge is -2.39. The average molecular weight is 557 g/mol. The lowest BCUT2D eigenvalue weighted by Crippen LogP contribution is -2.51. The molecular formula is C22H22F7N3O6. The number of nitrogens with zero attached hydrogens (tertiary/aromatic N) is 3. The van der Waals surface area contributed by atoms with Gasteiger partial charge in [-0.2, -0.15) is 26.3 Å². The van der Waals surface area contributed by atoms with Crippen molar-refractivity contribution in [1.29, 1.82) is 0 Å². The number of carboxylic acid groups (broad SMARTS) is 2. The van der Waals surface area contributed by atoms with E-state index in [0.717, 1.165) is 25.9 Å². The van der Waals surface area contributed by atoms with Crippen LogP contribution in [0.3, 0.4) is 0 Å². The van der Waals surface area contributed by atoms with Gasteiger partial charge < -0.3 is 19.7 Å². The molecule has 3 heterocycles. The van der Waals surface area contributed by atoms with Crippen LogP contribution in [0.1, 0.15) is 18.4 Å². The molecule has 0 bridgehead atoms. The first-order valence-electron chi connectivity index (χ1n) is 10.8. The molecule has 38 heavy (non-hydrogen) atoms. The maximum Gasteiger partial charge on any atom is 0.490 e. The Morgan fingerprint density at radius 3 is 2.11 bits per heavy atom. The van der Waals surface area contributed by atoms with E-state index in [0.29, 0.717) is 12.6 Å². The minimum atomic E-state index is -5.08. The third-order valence-electron chi connectivity index (χ3n) is 5.26. The summed E-state index contributed by atoms with van der Waals surface area (Å²) >= 11 is 0. The lowest BCUT2D eigenvalue weighted by atomic mass is 10.1. The molecule has 0 unspecified atom stereocenters. The van der Waals surface area contributed by atoms with Crippen molar-refractivity contribution in [1.82, 2.24) is 14.9 Å². The van der Waals surface area contributed by atoms with Gasteiger partial charge in [0.15, 0.2) is 5.82 Å². The molecule has 2 aliphatic rings. The summed E-state index contributed by atoms with van der Waals surface area (Å²) in [6.45, 7) is 2.43. The smallest absolute Gasteiger partial charge is 0.475 e. The number of hydrogen-bond acceptors (Lipinski definition) is 7. The van der Waals surface area contributed by atoms with Crippen molar-refractivity contribution < 1.29 is 60.0 Å². The van der Waals surface area contributed by atoms with E-state index < -0.39 is 30.1 Å². The highest BCUT2D eigenvalue weighted by molar-refractivity contribution is 5.73. The molecule has 3 atom stereocenters. The molecule has 0 radical (unpaired) electrons. The zero-order valence-corrected chi connectivity index (χ0v) is 19.3. The van der Waals surface area contributed by atoms with Gasteiger partial charge in [0, 0.05) is 37.7 Å². The molecule has 1 saturated heterocycles. The highest BCUT2D eigenvalue weighted by Gasteiger charge is 2.44. The number of aromatic nitrogens is 2. The average Bonchev–Trinajstić information content (AvgIpc) is 3.25. The predicted octanol–water partition coefficient (Wildman–Crippen LogP) is 3.69. The van der Waals surface area contributed by atoms with Gasteiger partial charge in [-0.15, -0.1) is 0 Å². The molecule has 4 rings (SSSR count). The van der Waals surface area contributed by atoms with Crippen LogP contribution < -0.4 is 4.74 Å². The van der Waals surface area contributed by atoms with E-state index in [-0.39, 0.29) is 18.1 Å². The van der Waals surface area contributed by atoms with Crippen LogP contribution in [0, 0.1) is 5.82 Å². The van der Waals surface area contributed by atoms with Crippen LogP contribution in [-0.4, -0.2) is 80.8 Å². The monoisotopic (exact) mass is 557 g/mol. The summed E-state index contributed by atoms with van der Waals surface area (Å²) < 4.78 is 89.1. The number of carbonyl (C=O) groups is 2. The normalized spacial score (nSPS) is 21.2. The number of halogens is 7. The fourth-order valence-electron chi connectivity index (χ4n) is 3.64. The Kier molecular flexibility index (Phi) is 10.8. The molecule has 0 spiro atoms. The van der Waals surface area contributed by atoms with Gasteiger partial charge in [-0.25, -0.2) is 19.0 Å². The minimum absolute atomic E-state index is 0.0398. The molecule has 2 N–H and O–H groups in total. The molecule has 2 aromatic heterocycles. The Balaban J connectivity index is 0.000000301. The summed E-state index contributed by atoms with van der Waals surface area (Å²) in [5, 5.41) is 14.2. The molecule has 0 aromatic carbocycles. The second-order valence-electron chi connectivity index (χ2n) is 7.86. The quantitative estimate of drug-likeness (QED) is 0.542. The second-order valence-corrected chi connectivity index (χ2v) is 7.86. The first kappa shape index (κ1) is 30.7. The van der Waals surface area contributed by atoms with Gasteiger partial charge in [0.2, 0.25) is 0 Å². The molecule has 0 amide bonds. The minimum Gasteiger partial charge on any atom is -0.475 e. The second kappa shape index (κ2) is 13.3. The van der Waals surface area contributed by atoms with E-state index in [2.05, 4.69) is 14.9 Å². The first-order chi connectivity index (χ1) is 17.7. The zero-order chi connectivity index (χ0) is 28.5. The van der Waals surface area contributed by atoms with E-state index in [1.54, 1.807) is 12.3 Å². The van der Waals surface area contributed by atoms with E-state index >= 15 is 0 Å². The molecule has 2 aromatic rings. The number of alkyl halides is 6. The number of rotatable bonds is 4. The standard InChI is InChI=1S/C18H20FN3O2.2C2HF3O2/c19-14-2-1-7-21-18(14)24-16-4-3-15-17(16)23-11-10-22(15)12-13-5-8-20-9-6-13;2*3-2(4,5)1(6)7/h1-2,5-9,15-17H,3-4,10-12H2;2*(H,6,7)/t15-,16+,17+;;/m0../s1. The number of fused-ring (bicyclic) bond motifs is 1. The van der Waals surface area contributed by atoms with Crippen LogP contribution in [0.25, 0.3) is 0 Å². The van der Waals surface area contributed by atoms with Crippen molar-refractivity contribution in [2.45, 2.75) is 50.0 Å². The van der Waals surface area contributed by atoms with E-state index in [1.165, 1.54) is 11.6 Å². The van der Waals surface area contributed by atoms with Gasteiger partial charge >= 0.3 is 24.3 Å². The summed E-state index contributed by atoms with van der Waals surface area (Å²) in [4.78, 5) is 28.3. The Hall–Kier alpha value is -3.53. The Labute approximate surface area is 210 Å². The number of carboxylic acids is 2. The molecule has 210 valence electrons. The fraction of sp³-hybridized carbons (Fsp3) is 0.455. The first-order valence-corrected chi connectivity index (χ1v) is 10.8. The summed E-state index contributed by atoms with van der Waals surface area (Å²) in [6.07, 6.45) is -3.35. The van der Waals surface area contributed by atoms with Gasteiger partial charge in [-0.1, -0.05) is 0 Å². The number of morpholine rings is 1. The van der Waals surface area contributed by atoms with Crippen molar-refractivity contribution in [2.24, 2.45) is 0 Å². The largest absolute Gasteiger partial charge is 0.490 e. The van der Waals surface area contributed by atoms with Crippen molar-refractivity contribution >= 4 is 11.9 Å². The predicted molar refractivity (Wildman–Crippen MR) is 113 cm³/mol. The van der Waals surface area contributed by atoms with Crippen molar-refractivity contribution in [2.75, 3.05) is 13.2 Å². The van der Waals surface area contributed by atoms with Crippen LogP contribution >= 0.6 is 0 Å². The molecule has 1 aliphatic heterocycles. The summed E-state index contributed by atoms with van der Waals surface area (Å²) in [7, 11) is 0. The number of hydrogen-bond donors (Lipinski definition) is 2. The molecule has 9 nitrogen and oxygen atoms in total. The van der Waals surface area contributed by atoms with Gasteiger partial charge in [0.25, 0.3) is 5.88 Å². The zero-order valence-electron chi connectivity index (χ0n) is 19.3. The van der Waals surface area contributed by atoms with E-state index in [1.807, 2.05) is 24.5 Å². The molecule has 16 heteroatoms. The highest BCUT2D eigenvalue weighted by Crippen LogP contribution is 2.33. The third-order valence-corrected chi connectivity index (χ3v) is 5.26. The van der Waals surface area contributed by atoms with Gasteiger partial charge in [0.1, 0.15) is 12.2 Å². The third kappa shape index (κ3) is 9.41. The molecule has 1 aliphatic carbocycles. The Morgan fingerprint density at radius 2 is 1.58 bits per heavy atom. The van der Waals surface area contributed by atoms with Crippen LogP contribution in [0.2, 0.25) is 0 Å². The van der Waals surface area contributed by atoms with Crippen molar-refractivity contribution in [3.05, 3.63) is 54.2 Å². The number of pyridine rings is 2. The molecule has 1 saturated carbocycles. The van der Waals surface area contributed by atoms with Gasteiger partial charge in [-0.05, 0) is 42.7 Å². The molecular weight excluding hydrogens is 535 g/mol. The van der Waals surface area contributed by atoms with Crippen molar-refractivity contribution in [3.8, 4) is 5.88 Å². The number of aliphatic carboxylic acids is 2. The van der Waals surface area contributed by atoms with E-state index in [4.69, 9.17) is 29.3 Å². The SMILES string of the molecule is Fc1cccnc1O[C@@H]1CC[C@H]2[C@H]1OCCN2Cc1ccncc1.O=C(O)C(F)(F)F.O=C(O)C(F)(F)F. The lowest BCUT2D eigenvalue weighted by molar-refractivity contribution is -0.193. The van der Waals surface area contributed by atoms with Crippen LogP contribution in [0.15, 0.2) is 42.9 Å². The molecule has 2 fully saturated rings. The fourth-order valence-corrected chi connectivity index (χ4v) is 3.64. The number of ether oxygens (including phenoxy) is 2. The summed E-state index contributed by atoms with van der Waals surface area (Å²) in [5.74, 6) is -5.87. The van der Waals surface area contributed by atoms with Crippen LogP contribution in [0.4, 0.5) is 30.7 Å². The van der Waals surface area contributed by atoms with Crippen LogP contribution in [-0.2, 0) is 20.9 Å². The maximum atomic E-state index is 13.8. The maximum absolute atomic E-state index is 13.8. The summed E-state index contributed by atoms with van der Waals surface area (Å²) in [6, 6.07) is 7.30. The van der Waals surface area contributed by atoms with Crippen LogP contribution in [0.5, 0.6) is 5.88 Å². The Morgan fingerprint density at radius 1 is 1.00 bits per heavy atom. The van der Waals surface area contributed by atoms with Gasteiger partial charge in [-0.3, -0.25) is 9.88 Å².